The van der Waals surface area contributed by atoms with Crippen molar-refractivity contribution in [3.63, 3.8) is 0 Å². The summed E-state index contributed by atoms with van der Waals surface area (Å²) < 4.78 is 6.01. The summed E-state index contributed by atoms with van der Waals surface area (Å²) in [5.74, 6) is -0.0537. The number of nitrogens with one attached hydrogen (secondary N) is 1. The number of carbonyl (C=O) groups excluding carboxylic acids is 2. The molecule has 0 aliphatic carbocycles. The molecule has 32 heavy (non-hydrogen) atoms. The molecule has 6 N–H and O–H groups in total. The molecule has 0 unspecified atom stereocenters. The first-order valence-electron chi connectivity index (χ1n) is 10.1. The Hall–Kier alpha value is -3.44. The molecule has 1 aliphatic heterocycles. The van der Waals surface area contributed by atoms with Gasteiger partial charge in [0.1, 0.15) is 16.3 Å². The number of amides is 2. The van der Waals surface area contributed by atoms with Gasteiger partial charge in [-0.05, 0) is 30.5 Å². The summed E-state index contributed by atoms with van der Waals surface area (Å²) in [6, 6.07) is 7.24. The highest BCUT2D eigenvalue weighted by Crippen LogP contribution is 2.39. The molecular formula is C21H24N6O4S. The number of fused-ring (bicyclic) bond motifs is 1. The molecule has 0 radical (unpaired) electrons. The minimum Gasteiger partial charge on any atom is -0.472 e. The Balaban J connectivity index is 1.64. The highest BCUT2D eigenvalue weighted by Gasteiger charge is 2.25. The van der Waals surface area contributed by atoms with E-state index < -0.39 is 5.91 Å². The Labute approximate surface area is 188 Å². The van der Waals surface area contributed by atoms with E-state index in [1.54, 1.807) is 12.1 Å². The number of hydrogen-bond donors (Lipinski definition) is 4. The number of primary amides is 1. The van der Waals surface area contributed by atoms with Gasteiger partial charge in [-0.2, -0.15) is 4.98 Å². The molecule has 4 rings (SSSR count). The zero-order valence-corrected chi connectivity index (χ0v) is 18.3. The molecule has 0 spiro atoms. The van der Waals surface area contributed by atoms with E-state index in [0.29, 0.717) is 47.8 Å². The van der Waals surface area contributed by atoms with Crippen LogP contribution < -0.4 is 26.4 Å². The van der Waals surface area contributed by atoms with Crippen LogP contribution in [-0.4, -0.2) is 46.1 Å². The van der Waals surface area contributed by atoms with Gasteiger partial charge < -0.3 is 31.5 Å². The fraction of sp³-hybridized carbons (Fsp3) is 0.333. The number of nitrogen functional groups attached to an aromatic ring is 1. The van der Waals surface area contributed by atoms with Crippen LogP contribution in [-0.2, 0) is 11.4 Å². The maximum absolute atomic E-state index is 11.8. The SMILES string of the molecule is CC(=O)Nc1ccc(COc2nc(N3CCC(O)CC3)nc3sc(C(N)=O)c(N)c23)cc1. The van der Waals surface area contributed by atoms with Crippen LogP contribution in [0.4, 0.5) is 17.3 Å². The van der Waals surface area contributed by atoms with Crippen molar-refractivity contribution >= 4 is 50.7 Å². The number of benzene rings is 1. The van der Waals surface area contributed by atoms with E-state index in [4.69, 9.17) is 16.2 Å². The third-order valence-corrected chi connectivity index (χ3v) is 6.28. The Morgan fingerprint density at radius 1 is 1.25 bits per heavy atom. The number of aliphatic hydroxyl groups is 1. The molecule has 0 atom stereocenters. The number of nitrogens with two attached hydrogens (primary N) is 2. The highest BCUT2D eigenvalue weighted by atomic mass is 32.1. The maximum Gasteiger partial charge on any atom is 0.260 e. The zero-order valence-electron chi connectivity index (χ0n) is 17.5. The summed E-state index contributed by atoms with van der Waals surface area (Å²) in [6.07, 6.45) is 0.916. The quantitative estimate of drug-likeness (QED) is 0.438. The van der Waals surface area contributed by atoms with Crippen LogP contribution in [0.5, 0.6) is 5.88 Å². The topological polar surface area (TPSA) is 157 Å². The monoisotopic (exact) mass is 456 g/mol. The van der Waals surface area contributed by atoms with Crippen molar-refractivity contribution < 1.29 is 19.4 Å². The van der Waals surface area contributed by atoms with Crippen LogP contribution in [0.25, 0.3) is 10.2 Å². The zero-order chi connectivity index (χ0) is 22.8. The standard InChI is InChI=1S/C21H24N6O4S/c1-11(28)24-13-4-2-12(3-5-13)10-31-19-15-16(22)17(18(23)30)32-20(15)26-21(25-19)27-8-6-14(29)7-9-27/h2-5,14,29H,6-10,22H2,1H3,(H2,23,30)(H,24,28). The van der Waals surface area contributed by atoms with Crippen LogP contribution >= 0.6 is 11.3 Å². The summed E-state index contributed by atoms with van der Waals surface area (Å²) >= 11 is 1.11. The lowest BCUT2D eigenvalue weighted by Crippen LogP contribution is -2.36. The maximum atomic E-state index is 11.8. The molecular weight excluding hydrogens is 432 g/mol. The largest absolute Gasteiger partial charge is 0.472 e. The Bertz CT molecular complexity index is 1160. The average Bonchev–Trinajstić information content (AvgIpc) is 3.10. The normalized spacial score (nSPS) is 14.5. The van der Waals surface area contributed by atoms with Gasteiger partial charge in [0.05, 0.1) is 17.2 Å². The van der Waals surface area contributed by atoms with Gasteiger partial charge in [-0.25, -0.2) is 4.98 Å². The van der Waals surface area contributed by atoms with Crippen molar-refractivity contribution in [1.29, 1.82) is 0 Å². The predicted octanol–water partition coefficient (Wildman–Crippen LogP) is 1.87. The lowest BCUT2D eigenvalue weighted by molar-refractivity contribution is -0.114. The van der Waals surface area contributed by atoms with Gasteiger partial charge in [0.2, 0.25) is 17.7 Å². The molecule has 1 aliphatic rings. The first-order chi connectivity index (χ1) is 15.3. The first-order valence-corrected chi connectivity index (χ1v) is 11.0. The Morgan fingerprint density at radius 3 is 2.56 bits per heavy atom. The molecule has 2 amide bonds. The van der Waals surface area contributed by atoms with E-state index in [9.17, 15) is 14.7 Å². The molecule has 11 heteroatoms. The van der Waals surface area contributed by atoms with Gasteiger partial charge in [0.25, 0.3) is 5.91 Å². The summed E-state index contributed by atoms with van der Waals surface area (Å²) in [5, 5.41) is 13.0. The van der Waals surface area contributed by atoms with Crippen LogP contribution in [0.2, 0.25) is 0 Å². The Morgan fingerprint density at radius 2 is 1.94 bits per heavy atom. The molecule has 168 valence electrons. The molecule has 3 aromatic rings. The molecule has 0 saturated carbocycles. The second-order valence-corrected chi connectivity index (χ2v) is 8.60. The minimum atomic E-state index is -0.632. The van der Waals surface area contributed by atoms with Gasteiger partial charge in [0, 0.05) is 25.7 Å². The van der Waals surface area contributed by atoms with Crippen molar-refractivity contribution in [2.24, 2.45) is 5.73 Å². The van der Waals surface area contributed by atoms with Gasteiger partial charge in [-0.3, -0.25) is 9.59 Å². The molecule has 1 aromatic carbocycles. The summed E-state index contributed by atoms with van der Waals surface area (Å²) in [7, 11) is 0. The lowest BCUT2D eigenvalue weighted by Gasteiger charge is -2.29. The second kappa shape index (κ2) is 8.97. The van der Waals surface area contributed by atoms with Gasteiger partial charge in [0.15, 0.2) is 0 Å². The number of aromatic nitrogens is 2. The summed E-state index contributed by atoms with van der Waals surface area (Å²) in [4.78, 5) is 34.9. The number of aliphatic hydroxyl groups excluding tert-OH is 1. The fourth-order valence-electron chi connectivity index (χ4n) is 3.51. The molecule has 10 nitrogen and oxygen atoms in total. The molecule has 3 heterocycles. The third kappa shape index (κ3) is 4.58. The van der Waals surface area contributed by atoms with Gasteiger partial charge in [-0.15, -0.1) is 11.3 Å². The smallest absolute Gasteiger partial charge is 0.260 e. The van der Waals surface area contributed by atoms with Crippen molar-refractivity contribution in [3.8, 4) is 5.88 Å². The minimum absolute atomic E-state index is 0.145. The third-order valence-electron chi connectivity index (χ3n) is 5.16. The number of thiophene rings is 1. The van der Waals surface area contributed by atoms with Gasteiger partial charge >= 0.3 is 0 Å². The fourth-order valence-corrected chi connectivity index (χ4v) is 4.45. The van der Waals surface area contributed by atoms with E-state index in [1.807, 2.05) is 17.0 Å². The predicted molar refractivity (Wildman–Crippen MR) is 123 cm³/mol. The molecule has 1 fully saturated rings. The van der Waals surface area contributed by atoms with Crippen molar-refractivity contribution in [3.05, 3.63) is 34.7 Å². The molecule has 0 bridgehead atoms. The molecule has 2 aromatic heterocycles. The number of hydrogen-bond acceptors (Lipinski definition) is 9. The number of nitrogens with zero attached hydrogens (tertiary/aromatic N) is 3. The second-order valence-electron chi connectivity index (χ2n) is 7.60. The van der Waals surface area contributed by atoms with Gasteiger partial charge in [-0.1, -0.05) is 12.1 Å². The number of carbonyl (C=O) groups is 2. The lowest BCUT2D eigenvalue weighted by atomic mass is 10.1. The van der Waals surface area contributed by atoms with Crippen LogP contribution in [0.1, 0.15) is 35.0 Å². The van der Waals surface area contributed by atoms with Crippen molar-refractivity contribution in [2.45, 2.75) is 32.5 Å². The highest BCUT2D eigenvalue weighted by molar-refractivity contribution is 7.21. The number of anilines is 3. The average molecular weight is 457 g/mol. The summed E-state index contributed by atoms with van der Waals surface area (Å²) in [5.41, 5.74) is 13.4. The van der Waals surface area contributed by atoms with E-state index in [1.165, 1.54) is 6.92 Å². The van der Waals surface area contributed by atoms with Crippen molar-refractivity contribution in [2.75, 3.05) is 29.0 Å². The first kappa shape index (κ1) is 21.8. The van der Waals surface area contributed by atoms with Crippen LogP contribution in [0.15, 0.2) is 24.3 Å². The number of piperidine rings is 1. The van der Waals surface area contributed by atoms with E-state index in [2.05, 4.69) is 15.3 Å². The number of ether oxygens (including phenoxy) is 1. The molecule has 1 saturated heterocycles. The van der Waals surface area contributed by atoms with Crippen LogP contribution in [0, 0.1) is 0 Å². The summed E-state index contributed by atoms with van der Waals surface area (Å²) in [6.45, 7) is 2.87. The number of rotatable bonds is 6. The Kier molecular flexibility index (Phi) is 6.10. The van der Waals surface area contributed by atoms with Crippen molar-refractivity contribution in [1.82, 2.24) is 9.97 Å². The van der Waals surface area contributed by atoms with E-state index in [0.717, 1.165) is 16.9 Å². The van der Waals surface area contributed by atoms with Crippen LogP contribution in [0.3, 0.4) is 0 Å². The van der Waals surface area contributed by atoms with E-state index in [-0.39, 0.29) is 35.1 Å². The van der Waals surface area contributed by atoms with E-state index >= 15 is 0 Å².